The first-order chi connectivity index (χ1) is 10.6. The van der Waals surface area contributed by atoms with E-state index >= 15 is 0 Å². The van der Waals surface area contributed by atoms with Gasteiger partial charge < -0.3 is 15.1 Å². The third-order valence-corrected chi connectivity index (χ3v) is 4.36. The zero-order valence-electron chi connectivity index (χ0n) is 13.8. The third kappa shape index (κ3) is 4.89. The molecule has 1 aliphatic heterocycles. The molecule has 22 heavy (non-hydrogen) atoms. The standard InChI is InChI=1S/C17H27ClN4/c1-4-19-17(20-12-16-9-6-10-21(16)2)22(3)13-14-7-5-8-15(18)11-14/h5,7-8,11,16H,4,6,9-10,12-13H2,1-3H3,(H,19,20). The van der Waals surface area contributed by atoms with Crippen molar-refractivity contribution in [1.29, 1.82) is 0 Å². The SMILES string of the molecule is CCNC(=NCC1CCCN1C)N(C)Cc1cccc(Cl)c1. The summed E-state index contributed by atoms with van der Waals surface area (Å²) in [5.74, 6) is 0.961. The molecule has 0 saturated carbocycles. The van der Waals surface area contributed by atoms with E-state index in [0.717, 1.165) is 30.6 Å². The van der Waals surface area contributed by atoms with E-state index in [1.165, 1.54) is 24.9 Å². The van der Waals surface area contributed by atoms with Crippen molar-refractivity contribution < 1.29 is 0 Å². The van der Waals surface area contributed by atoms with Crippen LogP contribution in [-0.4, -0.2) is 55.5 Å². The molecule has 0 amide bonds. The van der Waals surface area contributed by atoms with Gasteiger partial charge in [0.05, 0.1) is 6.54 Å². The first kappa shape index (κ1) is 17.1. The molecule has 122 valence electrons. The quantitative estimate of drug-likeness (QED) is 0.668. The molecule has 1 atom stereocenters. The van der Waals surface area contributed by atoms with Gasteiger partial charge in [-0.15, -0.1) is 0 Å². The van der Waals surface area contributed by atoms with Crippen LogP contribution >= 0.6 is 11.6 Å². The van der Waals surface area contributed by atoms with E-state index in [-0.39, 0.29) is 0 Å². The maximum Gasteiger partial charge on any atom is 0.194 e. The van der Waals surface area contributed by atoms with E-state index in [1.54, 1.807) is 0 Å². The summed E-state index contributed by atoms with van der Waals surface area (Å²) in [6.45, 7) is 5.82. The molecule has 0 radical (unpaired) electrons. The van der Waals surface area contributed by atoms with Crippen molar-refractivity contribution in [3.63, 3.8) is 0 Å². The van der Waals surface area contributed by atoms with Crippen molar-refractivity contribution in [2.24, 2.45) is 4.99 Å². The smallest absolute Gasteiger partial charge is 0.194 e. The van der Waals surface area contributed by atoms with Gasteiger partial charge in [-0.05, 0) is 51.1 Å². The number of aliphatic imine (C=N–C) groups is 1. The van der Waals surface area contributed by atoms with Gasteiger partial charge in [0.2, 0.25) is 0 Å². The predicted molar refractivity (Wildman–Crippen MR) is 94.5 cm³/mol. The lowest BCUT2D eigenvalue weighted by atomic mass is 10.2. The Morgan fingerprint density at radius 1 is 1.50 bits per heavy atom. The van der Waals surface area contributed by atoms with E-state index in [2.05, 4.69) is 42.2 Å². The van der Waals surface area contributed by atoms with Crippen LogP contribution in [0.2, 0.25) is 5.02 Å². The Balaban J connectivity index is 1.99. The van der Waals surface area contributed by atoms with Crippen molar-refractivity contribution in [3.05, 3.63) is 34.9 Å². The number of benzene rings is 1. The lowest BCUT2D eigenvalue weighted by molar-refractivity contribution is 0.316. The number of halogens is 1. The second-order valence-corrected chi connectivity index (χ2v) is 6.39. The molecule has 1 fully saturated rings. The number of guanidine groups is 1. The topological polar surface area (TPSA) is 30.9 Å². The molecule has 0 bridgehead atoms. The van der Waals surface area contributed by atoms with E-state index in [4.69, 9.17) is 16.6 Å². The average Bonchev–Trinajstić information content (AvgIpc) is 2.88. The summed E-state index contributed by atoms with van der Waals surface area (Å²) < 4.78 is 0. The van der Waals surface area contributed by atoms with Gasteiger partial charge >= 0.3 is 0 Å². The lowest BCUT2D eigenvalue weighted by Crippen LogP contribution is -2.39. The second-order valence-electron chi connectivity index (χ2n) is 5.96. The Morgan fingerprint density at radius 3 is 2.95 bits per heavy atom. The maximum atomic E-state index is 6.06. The largest absolute Gasteiger partial charge is 0.357 e. The minimum absolute atomic E-state index is 0.577. The fraction of sp³-hybridized carbons (Fsp3) is 0.588. The van der Waals surface area contributed by atoms with Crippen molar-refractivity contribution >= 4 is 17.6 Å². The van der Waals surface area contributed by atoms with Gasteiger partial charge in [-0.2, -0.15) is 0 Å². The van der Waals surface area contributed by atoms with E-state index < -0.39 is 0 Å². The minimum atomic E-state index is 0.577. The Hall–Kier alpha value is -1.26. The Kier molecular flexibility index (Phi) is 6.52. The first-order valence-electron chi connectivity index (χ1n) is 8.04. The number of likely N-dealkylation sites (tertiary alicyclic amines) is 1. The highest BCUT2D eigenvalue weighted by Gasteiger charge is 2.20. The first-order valence-corrected chi connectivity index (χ1v) is 8.42. The van der Waals surface area contributed by atoms with Crippen LogP contribution in [0, 0.1) is 0 Å². The molecular weight excluding hydrogens is 296 g/mol. The predicted octanol–water partition coefficient (Wildman–Crippen LogP) is 2.83. The monoisotopic (exact) mass is 322 g/mol. The molecular formula is C17H27ClN4. The van der Waals surface area contributed by atoms with Gasteiger partial charge in [-0.1, -0.05) is 23.7 Å². The van der Waals surface area contributed by atoms with Gasteiger partial charge in [0.25, 0.3) is 0 Å². The van der Waals surface area contributed by atoms with Crippen LogP contribution < -0.4 is 5.32 Å². The molecule has 1 unspecified atom stereocenters. The number of likely N-dealkylation sites (N-methyl/N-ethyl adjacent to an activating group) is 1. The molecule has 0 spiro atoms. The molecule has 5 heteroatoms. The number of nitrogens with zero attached hydrogens (tertiary/aromatic N) is 3. The summed E-state index contributed by atoms with van der Waals surface area (Å²) in [4.78, 5) is 9.38. The molecule has 0 aliphatic carbocycles. The number of rotatable bonds is 5. The highest BCUT2D eigenvalue weighted by atomic mass is 35.5. The van der Waals surface area contributed by atoms with E-state index in [1.807, 2.05) is 18.2 Å². The van der Waals surface area contributed by atoms with Crippen LogP contribution in [-0.2, 0) is 6.54 Å². The second kappa shape index (κ2) is 8.39. The summed E-state index contributed by atoms with van der Waals surface area (Å²) in [6.07, 6.45) is 2.53. The maximum absolute atomic E-state index is 6.06. The van der Waals surface area contributed by atoms with Gasteiger partial charge in [0, 0.05) is 31.2 Å². The van der Waals surface area contributed by atoms with Gasteiger partial charge in [0.15, 0.2) is 5.96 Å². The Bertz CT molecular complexity index is 503. The normalized spacial score (nSPS) is 19.5. The molecule has 1 aliphatic rings. The molecule has 4 nitrogen and oxygen atoms in total. The van der Waals surface area contributed by atoms with Crippen molar-refractivity contribution in [2.75, 3.05) is 33.7 Å². The summed E-state index contributed by atoms with van der Waals surface area (Å²) in [6, 6.07) is 8.57. The summed E-state index contributed by atoms with van der Waals surface area (Å²) in [7, 11) is 4.26. The highest BCUT2D eigenvalue weighted by molar-refractivity contribution is 6.30. The molecule has 1 aromatic carbocycles. The third-order valence-electron chi connectivity index (χ3n) is 4.13. The number of hydrogen-bond acceptors (Lipinski definition) is 2. The fourth-order valence-corrected chi connectivity index (χ4v) is 3.07. The summed E-state index contributed by atoms with van der Waals surface area (Å²) in [5, 5.41) is 4.16. The van der Waals surface area contributed by atoms with Gasteiger partial charge in [0.1, 0.15) is 0 Å². The van der Waals surface area contributed by atoms with Crippen LogP contribution in [0.25, 0.3) is 0 Å². The van der Waals surface area contributed by atoms with E-state index in [9.17, 15) is 0 Å². The van der Waals surface area contributed by atoms with Gasteiger partial charge in [-0.3, -0.25) is 4.99 Å². The Labute approximate surface area is 139 Å². The van der Waals surface area contributed by atoms with E-state index in [0.29, 0.717) is 6.04 Å². The van der Waals surface area contributed by atoms with Crippen molar-refractivity contribution in [3.8, 4) is 0 Å². The molecule has 1 N–H and O–H groups in total. The Morgan fingerprint density at radius 2 is 2.32 bits per heavy atom. The highest BCUT2D eigenvalue weighted by Crippen LogP contribution is 2.15. The average molecular weight is 323 g/mol. The van der Waals surface area contributed by atoms with Crippen LogP contribution in [0.3, 0.4) is 0 Å². The van der Waals surface area contributed by atoms with Crippen LogP contribution in [0.5, 0.6) is 0 Å². The van der Waals surface area contributed by atoms with Crippen molar-refractivity contribution in [2.45, 2.75) is 32.4 Å². The van der Waals surface area contributed by atoms with Crippen molar-refractivity contribution in [1.82, 2.24) is 15.1 Å². The molecule has 1 heterocycles. The summed E-state index contributed by atoms with van der Waals surface area (Å²) >= 11 is 6.06. The van der Waals surface area contributed by atoms with Crippen LogP contribution in [0.4, 0.5) is 0 Å². The molecule has 0 aromatic heterocycles. The lowest BCUT2D eigenvalue weighted by Gasteiger charge is -2.24. The van der Waals surface area contributed by atoms with Crippen LogP contribution in [0.1, 0.15) is 25.3 Å². The number of hydrogen-bond donors (Lipinski definition) is 1. The molecule has 1 aromatic rings. The fourth-order valence-electron chi connectivity index (χ4n) is 2.86. The number of nitrogens with one attached hydrogen (secondary N) is 1. The molecule has 2 rings (SSSR count). The van der Waals surface area contributed by atoms with Gasteiger partial charge in [-0.25, -0.2) is 0 Å². The molecule has 1 saturated heterocycles. The summed E-state index contributed by atoms with van der Waals surface area (Å²) in [5.41, 5.74) is 1.19. The zero-order valence-corrected chi connectivity index (χ0v) is 14.6. The minimum Gasteiger partial charge on any atom is -0.357 e. The zero-order chi connectivity index (χ0) is 15.9. The van der Waals surface area contributed by atoms with Crippen LogP contribution in [0.15, 0.2) is 29.3 Å².